The van der Waals surface area contributed by atoms with Crippen LogP contribution in [0.4, 0.5) is 5.69 Å². The highest BCUT2D eigenvalue weighted by Crippen LogP contribution is 2.30. The molecule has 0 unspecified atom stereocenters. The van der Waals surface area contributed by atoms with Crippen molar-refractivity contribution in [3.05, 3.63) is 12.3 Å². The van der Waals surface area contributed by atoms with Gasteiger partial charge in [0.25, 0.3) is 0 Å². The number of ether oxygens (including phenoxy) is 2. The van der Waals surface area contributed by atoms with Gasteiger partial charge in [0.2, 0.25) is 5.88 Å². The predicted octanol–water partition coefficient (Wildman–Crippen LogP) is 0.508. The number of rotatable bonds is 3. The third kappa shape index (κ3) is 2.19. The lowest BCUT2D eigenvalue weighted by atomic mass is 10.2. The topological polar surface area (TPSA) is 46.6 Å². The molecule has 1 fully saturated rings. The van der Waals surface area contributed by atoms with E-state index in [0.29, 0.717) is 5.88 Å². The number of anilines is 1. The standard InChI is InChI=1S/C11H17N3O2/c1-15-10-8-13-11(16-2)7-9(10)14-5-3-12-4-6-14/h7-8,12H,3-6H2,1-2H3. The van der Waals surface area contributed by atoms with E-state index in [1.165, 1.54) is 0 Å². The first kappa shape index (κ1) is 11.0. The molecule has 0 aromatic carbocycles. The molecule has 0 atom stereocenters. The molecule has 88 valence electrons. The molecular weight excluding hydrogens is 206 g/mol. The van der Waals surface area contributed by atoms with Gasteiger partial charge in [0, 0.05) is 32.2 Å². The quantitative estimate of drug-likeness (QED) is 0.809. The van der Waals surface area contributed by atoms with Crippen LogP contribution in [0.2, 0.25) is 0 Å². The molecule has 0 aliphatic carbocycles. The second-order valence-corrected chi connectivity index (χ2v) is 3.64. The molecule has 5 nitrogen and oxygen atoms in total. The van der Waals surface area contributed by atoms with E-state index in [9.17, 15) is 0 Å². The summed E-state index contributed by atoms with van der Waals surface area (Å²) in [5, 5.41) is 3.32. The minimum absolute atomic E-state index is 0.620. The number of nitrogens with zero attached hydrogens (tertiary/aromatic N) is 2. The molecule has 2 heterocycles. The predicted molar refractivity (Wildman–Crippen MR) is 62.4 cm³/mol. The molecule has 2 rings (SSSR count). The zero-order valence-corrected chi connectivity index (χ0v) is 9.69. The average Bonchev–Trinajstić information content (AvgIpc) is 2.39. The van der Waals surface area contributed by atoms with Gasteiger partial charge in [0.05, 0.1) is 26.1 Å². The van der Waals surface area contributed by atoms with Crippen LogP contribution in [0.3, 0.4) is 0 Å². The van der Waals surface area contributed by atoms with Crippen LogP contribution >= 0.6 is 0 Å². The Bertz CT molecular complexity index is 351. The Morgan fingerprint density at radius 3 is 2.62 bits per heavy atom. The second-order valence-electron chi connectivity index (χ2n) is 3.64. The van der Waals surface area contributed by atoms with Crippen LogP contribution in [-0.4, -0.2) is 45.4 Å². The van der Waals surface area contributed by atoms with E-state index in [2.05, 4.69) is 15.2 Å². The highest BCUT2D eigenvalue weighted by molar-refractivity contribution is 5.59. The number of hydrogen-bond acceptors (Lipinski definition) is 5. The van der Waals surface area contributed by atoms with E-state index in [1.807, 2.05) is 6.07 Å². The summed E-state index contributed by atoms with van der Waals surface area (Å²) in [7, 11) is 3.28. The maximum absolute atomic E-state index is 5.32. The van der Waals surface area contributed by atoms with Crippen LogP contribution in [0.5, 0.6) is 11.6 Å². The molecule has 1 aliphatic heterocycles. The Balaban J connectivity index is 2.27. The summed E-state index contributed by atoms with van der Waals surface area (Å²) in [6, 6.07) is 1.92. The first-order chi connectivity index (χ1) is 7.85. The number of pyridine rings is 1. The number of methoxy groups -OCH3 is 2. The minimum Gasteiger partial charge on any atom is -0.493 e. The summed E-state index contributed by atoms with van der Waals surface area (Å²) in [6.45, 7) is 3.94. The SMILES string of the molecule is COc1cc(N2CCNCC2)c(OC)cn1. The first-order valence-corrected chi connectivity index (χ1v) is 5.39. The second kappa shape index (κ2) is 5.03. The van der Waals surface area contributed by atoms with Crippen LogP contribution in [-0.2, 0) is 0 Å². The van der Waals surface area contributed by atoms with Gasteiger partial charge in [-0.05, 0) is 0 Å². The van der Waals surface area contributed by atoms with E-state index in [1.54, 1.807) is 20.4 Å². The van der Waals surface area contributed by atoms with Crippen molar-refractivity contribution in [3.63, 3.8) is 0 Å². The molecule has 1 aromatic rings. The van der Waals surface area contributed by atoms with Gasteiger partial charge in [-0.15, -0.1) is 0 Å². The molecule has 1 aliphatic rings. The fourth-order valence-corrected chi connectivity index (χ4v) is 1.84. The Morgan fingerprint density at radius 2 is 2.00 bits per heavy atom. The fraction of sp³-hybridized carbons (Fsp3) is 0.545. The fourth-order valence-electron chi connectivity index (χ4n) is 1.84. The summed E-state index contributed by atoms with van der Waals surface area (Å²) in [4.78, 5) is 6.41. The van der Waals surface area contributed by atoms with Crippen molar-refractivity contribution in [3.8, 4) is 11.6 Å². The van der Waals surface area contributed by atoms with Crippen molar-refractivity contribution in [1.82, 2.24) is 10.3 Å². The lowest BCUT2D eigenvalue weighted by Crippen LogP contribution is -2.43. The smallest absolute Gasteiger partial charge is 0.215 e. The van der Waals surface area contributed by atoms with Gasteiger partial charge in [-0.25, -0.2) is 4.98 Å². The van der Waals surface area contributed by atoms with E-state index < -0.39 is 0 Å². The molecule has 0 saturated carbocycles. The van der Waals surface area contributed by atoms with Crippen molar-refractivity contribution in [2.75, 3.05) is 45.3 Å². The van der Waals surface area contributed by atoms with Gasteiger partial charge >= 0.3 is 0 Å². The molecule has 0 spiro atoms. The van der Waals surface area contributed by atoms with Gasteiger partial charge in [-0.1, -0.05) is 0 Å². The number of aromatic nitrogens is 1. The molecule has 1 saturated heterocycles. The first-order valence-electron chi connectivity index (χ1n) is 5.39. The van der Waals surface area contributed by atoms with Crippen LogP contribution in [0.1, 0.15) is 0 Å². The van der Waals surface area contributed by atoms with Crippen molar-refractivity contribution >= 4 is 5.69 Å². The molecule has 0 radical (unpaired) electrons. The van der Waals surface area contributed by atoms with Gasteiger partial charge < -0.3 is 19.7 Å². The van der Waals surface area contributed by atoms with E-state index in [4.69, 9.17) is 9.47 Å². The third-order valence-electron chi connectivity index (χ3n) is 2.71. The lowest BCUT2D eigenvalue weighted by molar-refractivity contribution is 0.386. The maximum Gasteiger partial charge on any atom is 0.215 e. The van der Waals surface area contributed by atoms with Crippen molar-refractivity contribution in [2.24, 2.45) is 0 Å². The number of piperazine rings is 1. The number of hydrogen-bond donors (Lipinski definition) is 1. The largest absolute Gasteiger partial charge is 0.493 e. The van der Waals surface area contributed by atoms with E-state index in [0.717, 1.165) is 37.6 Å². The average molecular weight is 223 g/mol. The van der Waals surface area contributed by atoms with Crippen LogP contribution < -0.4 is 19.7 Å². The molecule has 5 heteroatoms. The van der Waals surface area contributed by atoms with Crippen LogP contribution in [0, 0.1) is 0 Å². The third-order valence-corrected chi connectivity index (χ3v) is 2.71. The van der Waals surface area contributed by atoms with E-state index >= 15 is 0 Å². The molecule has 0 bridgehead atoms. The highest BCUT2D eigenvalue weighted by Gasteiger charge is 2.16. The van der Waals surface area contributed by atoms with Crippen molar-refractivity contribution in [1.29, 1.82) is 0 Å². The molecular formula is C11H17N3O2. The Hall–Kier alpha value is -1.49. The maximum atomic E-state index is 5.32. The van der Waals surface area contributed by atoms with Crippen molar-refractivity contribution in [2.45, 2.75) is 0 Å². The normalized spacial score (nSPS) is 16.0. The Morgan fingerprint density at radius 1 is 1.25 bits per heavy atom. The van der Waals surface area contributed by atoms with Crippen LogP contribution in [0.15, 0.2) is 12.3 Å². The zero-order chi connectivity index (χ0) is 11.4. The highest BCUT2D eigenvalue weighted by atomic mass is 16.5. The zero-order valence-electron chi connectivity index (χ0n) is 9.69. The summed E-state index contributed by atoms with van der Waals surface area (Å²) in [5.74, 6) is 1.41. The van der Waals surface area contributed by atoms with Crippen molar-refractivity contribution < 1.29 is 9.47 Å². The van der Waals surface area contributed by atoms with Gasteiger partial charge in [-0.3, -0.25) is 0 Å². The van der Waals surface area contributed by atoms with Gasteiger partial charge in [0.1, 0.15) is 0 Å². The van der Waals surface area contributed by atoms with E-state index in [-0.39, 0.29) is 0 Å². The summed E-state index contributed by atoms with van der Waals surface area (Å²) in [6.07, 6.45) is 1.70. The molecule has 1 aromatic heterocycles. The molecule has 1 N–H and O–H groups in total. The minimum atomic E-state index is 0.620. The Kier molecular flexibility index (Phi) is 3.46. The Labute approximate surface area is 95.4 Å². The lowest BCUT2D eigenvalue weighted by Gasteiger charge is -2.30. The summed E-state index contributed by atoms with van der Waals surface area (Å²) < 4.78 is 10.5. The number of nitrogens with one attached hydrogen (secondary N) is 1. The summed E-state index contributed by atoms with van der Waals surface area (Å²) in [5.41, 5.74) is 1.05. The van der Waals surface area contributed by atoms with Crippen LogP contribution in [0.25, 0.3) is 0 Å². The monoisotopic (exact) mass is 223 g/mol. The molecule has 16 heavy (non-hydrogen) atoms. The summed E-state index contributed by atoms with van der Waals surface area (Å²) >= 11 is 0. The molecule has 0 amide bonds. The van der Waals surface area contributed by atoms with Gasteiger partial charge in [0.15, 0.2) is 5.75 Å². The van der Waals surface area contributed by atoms with Gasteiger partial charge in [-0.2, -0.15) is 0 Å².